The molecule has 0 fully saturated rings. The summed E-state index contributed by atoms with van der Waals surface area (Å²) in [6.45, 7) is -1.31. The summed E-state index contributed by atoms with van der Waals surface area (Å²) in [6.07, 6.45) is -4.33. The lowest BCUT2D eigenvalue weighted by molar-refractivity contribution is -0.153. The van der Waals surface area contributed by atoms with Crippen molar-refractivity contribution in [1.82, 2.24) is 0 Å². The van der Waals surface area contributed by atoms with Crippen LogP contribution in [0.3, 0.4) is 0 Å². The van der Waals surface area contributed by atoms with Crippen molar-refractivity contribution in [3.05, 3.63) is 28.8 Å². The number of hydrogen-bond donors (Lipinski definition) is 0. The van der Waals surface area contributed by atoms with E-state index in [0.29, 0.717) is 10.4 Å². The number of ether oxygens (including phenoxy) is 1. The number of benzene rings is 1. The molecule has 0 heterocycles. The molecule has 0 radical (unpaired) electrons. The van der Waals surface area contributed by atoms with Crippen molar-refractivity contribution in [3.8, 4) is 5.75 Å². The van der Waals surface area contributed by atoms with E-state index in [4.69, 9.17) is 11.6 Å². The number of rotatable bonds is 3. The van der Waals surface area contributed by atoms with Crippen molar-refractivity contribution in [2.45, 2.75) is 11.5 Å². The molecule has 0 saturated heterocycles. The monoisotopic (exact) mass is 302 g/mol. The van der Waals surface area contributed by atoms with E-state index in [9.17, 15) is 13.2 Å². The first-order chi connectivity index (χ1) is 6.92. The smallest absolute Gasteiger partial charge is 0.422 e. The maximum absolute atomic E-state index is 11.8. The predicted octanol–water partition coefficient (Wildman–Crippen LogP) is 4.18. The Labute approximate surface area is 98.3 Å². The SMILES string of the molecule is FC(F)(F)COc1ccc(CBr)c(Cl)c1. The topological polar surface area (TPSA) is 9.23 Å². The molecular weight excluding hydrogens is 296 g/mol. The minimum Gasteiger partial charge on any atom is -0.484 e. The van der Waals surface area contributed by atoms with Gasteiger partial charge in [-0.05, 0) is 17.7 Å². The Morgan fingerprint density at radius 3 is 2.47 bits per heavy atom. The van der Waals surface area contributed by atoms with Gasteiger partial charge in [0.05, 0.1) is 0 Å². The van der Waals surface area contributed by atoms with Crippen LogP contribution in [0, 0.1) is 0 Å². The predicted molar refractivity (Wildman–Crippen MR) is 55.6 cm³/mol. The normalized spacial score (nSPS) is 11.5. The van der Waals surface area contributed by atoms with Gasteiger partial charge in [0, 0.05) is 10.4 Å². The van der Waals surface area contributed by atoms with Gasteiger partial charge in [0.2, 0.25) is 0 Å². The van der Waals surface area contributed by atoms with E-state index in [0.717, 1.165) is 5.56 Å². The van der Waals surface area contributed by atoms with E-state index in [-0.39, 0.29) is 5.75 Å². The molecule has 0 N–H and O–H groups in total. The van der Waals surface area contributed by atoms with Crippen LogP contribution < -0.4 is 4.74 Å². The molecule has 0 aromatic heterocycles. The second-order valence-electron chi connectivity index (χ2n) is 2.79. The van der Waals surface area contributed by atoms with Crippen LogP contribution in [0.1, 0.15) is 5.56 Å². The molecule has 1 aromatic rings. The van der Waals surface area contributed by atoms with Gasteiger partial charge in [0.15, 0.2) is 6.61 Å². The summed E-state index contributed by atoms with van der Waals surface area (Å²) < 4.78 is 40.0. The summed E-state index contributed by atoms with van der Waals surface area (Å²) >= 11 is 8.99. The minimum atomic E-state index is -4.33. The molecule has 0 spiro atoms. The summed E-state index contributed by atoms with van der Waals surface area (Å²) in [4.78, 5) is 0. The lowest BCUT2D eigenvalue weighted by Crippen LogP contribution is -2.19. The average Bonchev–Trinajstić information content (AvgIpc) is 2.14. The standard InChI is InChI=1S/C9H7BrClF3O/c10-4-6-1-2-7(3-8(6)11)15-5-9(12,13)14/h1-3H,4-5H2. The maximum atomic E-state index is 11.8. The molecule has 0 unspecified atom stereocenters. The third-order valence-electron chi connectivity index (χ3n) is 1.57. The molecule has 0 aliphatic rings. The first-order valence-corrected chi connectivity index (χ1v) is 5.46. The molecule has 15 heavy (non-hydrogen) atoms. The van der Waals surface area contributed by atoms with Crippen LogP contribution in [0.5, 0.6) is 5.75 Å². The second-order valence-corrected chi connectivity index (χ2v) is 3.76. The van der Waals surface area contributed by atoms with Gasteiger partial charge in [-0.15, -0.1) is 0 Å². The molecule has 0 aliphatic carbocycles. The van der Waals surface area contributed by atoms with Gasteiger partial charge in [-0.1, -0.05) is 33.6 Å². The number of alkyl halides is 4. The summed E-state index contributed by atoms with van der Waals surface area (Å²) in [5.41, 5.74) is 0.802. The van der Waals surface area contributed by atoms with Crippen LogP contribution in [-0.4, -0.2) is 12.8 Å². The molecule has 0 aliphatic heterocycles. The largest absolute Gasteiger partial charge is 0.484 e. The highest BCUT2D eigenvalue weighted by atomic mass is 79.9. The van der Waals surface area contributed by atoms with E-state index in [1.54, 1.807) is 6.07 Å². The van der Waals surface area contributed by atoms with Crippen molar-refractivity contribution in [1.29, 1.82) is 0 Å². The van der Waals surface area contributed by atoms with Gasteiger partial charge in [0.25, 0.3) is 0 Å². The van der Waals surface area contributed by atoms with Crippen molar-refractivity contribution < 1.29 is 17.9 Å². The summed E-state index contributed by atoms with van der Waals surface area (Å²) in [6, 6.07) is 4.43. The first-order valence-electron chi connectivity index (χ1n) is 3.96. The van der Waals surface area contributed by atoms with Gasteiger partial charge >= 0.3 is 6.18 Å². The average molecular weight is 304 g/mol. The minimum absolute atomic E-state index is 0.113. The molecule has 0 amide bonds. The number of hydrogen-bond acceptors (Lipinski definition) is 1. The van der Waals surface area contributed by atoms with Crippen LogP contribution in [0.15, 0.2) is 18.2 Å². The zero-order chi connectivity index (χ0) is 11.5. The Kier molecular flexibility index (Phi) is 4.28. The fourth-order valence-electron chi connectivity index (χ4n) is 0.891. The summed E-state index contributed by atoms with van der Waals surface area (Å²) in [5.74, 6) is 0.113. The van der Waals surface area contributed by atoms with Crippen LogP contribution >= 0.6 is 27.5 Å². The van der Waals surface area contributed by atoms with E-state index in [1.165, 1.54) is 12.1 Å². The van der Waals surface area contributed by atoms with Crippen LogP contribution in [0.4, 0.5) is 13.2 Å². The van der Waals surface area contributed by atoms with Gasteiger partial charge in [-0.3, -0.25) is 0 Å². The Balaban J connectivity index is 2.68. The van der Waals surface area contributed by atoms with Crippen molar-refractivity contribution in [3.63, 3.8) is 0 Å². The second kappa shape index (κ2) is 5.07. The van der Waals surface area contributed by atoms with E-state index >= 15 is 0 Å². The molecule has 0 atom stereocenters. The molecule has 0 bridgehead atoms. The fraction of sp³-hybridized carbons (Fsp3) is 0.333. The molecular formula is C9H7BrClF3O. The highest BCUT2D eigenvalue weighted by molar-refractivity contribution is 9.08. The van der Waals surface area contributed by atoms with Crippen molar-refractivity contribution in [2.75, 3.05) is 6.61 Å². The maximum Gasteiger partial charge on any atom is 0.422 e. The summed E-state index contributed by atoms with van der Waals surface area (Å²) in [5, 5.41) is 0.928. The Morgan fingerprint density at radius 2 is 2.00 bits per heavy atom. The van der Waals surface area contributed by atoms with Crippen molar-refractivity contribution >= 4 is 27.5 Å². The van der Waals surface area contributed by atoms with Crippen LogP contribution in [0.25, 0.3) is 0 Å². The van der Waals surface area contributed by atoms with Crippen LogP contribution in [0.2, 0.25) is 5.02 Å². The van der Waals surface area contributed by atoms with Gasteiger partial charge < -0.3 is 4.74 Å². The number of halogens is 5. The quantitative estimate of drug-likeness (QED) is 0.761. The first kappa shape index (κ1) is 12.6. The molecule has 84 valence electrons. The molecule has 6 heteroatoms. The highest BCUT2D eigenvalue weighted by Crippen LogP contribution is 2.25. The summed E-state index contributed by atoms with van der Waals surface area (Å²) in [7, 11) is 0. The lowest BCUT2D eigenvalue weighted by Gasteiger charge is -2.10. The molecule has 1 nitrogen and oxygen atoms in total. The van der Waals surface area contributed by atoms with Gasteiger partial charge in [0.1, 0.15) is 5.75 Å². The molecule has 1 aromatic carbocycles. The van der Waals surface area contributed by atoms with E-state index < -0.39 is 12.8 Å². The lowest BCUT2D eigenvalue weighted by atomic mass is 10.2. The Bertz CT molecular complexity index is 341. The third kappa shape index (κ3) is 4.30. The van der Waals surface area contributed by atoms with E-state index in [2.05, 4.69) is 20.7 Å². The zero-order valence-corrected chi connectivity index (χ0v) is 9.79. The fourth-order valence-corrected chi connectivity index (χ4v) is 1.78. The molecule has 1 rings (SSSR count). The third-order valence-corrected chi connectivity index (χ3v) is 2.53. The van der Waals surface area contributed by atoms with Gasteiger partial charge in [-0.2, -0.15) is 13.2 Å². The zero-order valence-electron chi connectivity index (χ0n) is 7.44. The Hall–Kier alpha value is -0.420. The van der Waals surface area contributed by atoms with E-state index in [1.807, 2.05) is 0 Å². The Morgan fingerprint density at radius 1 is 1.33 bits per heavy atom. The molecule has 0 saturated carbocycles. The van der Waals surface area contributed by atoms with Gasteiger partial charge in [-0.25, -0.2) is 0 Å². The van der Waals surface area contributed by atoms with Crippen LogP contribution in [-0.2, 0) is 5.33 Å². The van der Waals surface area contributed by atoms with Crippen molar-refractivity contribution in [2.24, 2.45) is 0 Å². The highest BCUT2D eigenvalue weighted by Gasteiger charge is 2.28.